The molecule has 1 fully saturated rings. The molecular formula is C9H17N. The first-order chi connectivity index (χ1) is 4.75. The van der Waals surface area contributed by atoms with Gasteiger partial charge in [0.05, 0.1) is 0 Å². The highest BCUT2D eigenvalue weighted by molar-refractivity contribution is 5.00. The Kier molecular flexibility index (Phi) is 2.36. The first-order valence-corrected chi connectivity index (χ1v) is 4.20. The van der Waals surface area contributed by atoms with Gasteiger partial charge in [0.2, 0.25) is 0 Å². The van der Waals surface area contributed by atoms with Crippen LogP contribution < -0.4 is 0 Å². The van der Waals surface area contributed by atoms with Gasteiger partial charge in [0.1, 0.15) is 0 Å². The van der Waals surface area contributed by atoms with E-state index in [4.69, 9.17) is 0 Å². The zero-order chi connectivity index (χ0) is 7.56. The highest BCUT2D eigenvalue weighted by atomic mass is 15.2. The molecule has 0 unspecified atom stereocenters. The van der Waals surface area contributed by atoms with Crippen molar-refractivity contribution >= 4 is 0 Å². The molecule has 1 aliphatic rings. The van der Waals surface area contributed by atoms with Crippen molar-refractivity contribution in [3.8, 4) is 0 Å². The summed E-state index contributed by atoms with van der Waals surface area (Å²) in [5, 5.41) is 0. The summed E-state index contributed by atoms with van der Waals surface area (Å²) in [5.41, 5.74) is 1.34. The molecule has 58 valence electrons. The van der Waals surface area contributed by atoms with Crippen molar-refractivity contribution in [2.24, 2.45) is 0 Å². The molecule has 0 aromatic heterocycles. The van der Waals surface area contributed by atoms with Crippen molar-refractivity contribution in [3.05, 3.63) is 12.3 Å². The number of hydrogen-bond donors (Lipinski definition) is 0. The fourth-order valence-electron chi connectivity index (χ4n) is 1.51. The number of likely N-dealkylation sites (tertiary alicyclic amines) is 1. The van der Waals surface area contributed by atoms with Crippen molar-refractivity contribution in [2.45, 2.75) is 39.2 Å². The Bertz CT molecular complexity index is 129. The quantitative estimate of drug-likeness (QED) is 0.568. The minimum Gasteiger partial charge on any atom is -0.373 e. The summed E-state index contributed by atoms with van der Waals surface area (Å²) in [7, 11) is 0. The number of rotatable bonds is 2. The molecular weight excluding hydrogens is 122 g/mol. The number of hydrogen-bond acceptors (Lipinski definition) is 1. The van der Waals surface area contributed by atoms with Crippen LogP contribution in [-0.2, 0) is 0 Å². The van der Waals surface area contributed by atoms with Gasteiger partial charge < -0.3 is 4.90 Å². The smallest absolute Gasteiger partial charge is 0.0255 e. The van der Waals surface area contributed by atoms with E-state index in [1.807, 2.05) is 0 Å². The average molecular weight is 139 g/mol. The van der Waals surface area contributed by atoms with E-state index >= 15 is 0 Å². The molecule has 0 radical (unpaired) electrons. The van der Waals surface area contributed by atoms with Crippen LogP contribution in [0.5, 0.6) is 0 Å². The molecule has 0 bridgehead atoms. The molecule has 1 atom stereocenters. The summed E-state index contributed by atoms with van der Waals surface area (Å²) in [5.74, 6) is 0. The van der Waals surface area contributed by atoms with Crippen LogP contribution in [0.1, 0.15) is 33.1 Å². The summed E-state index contributed by atoms with van der Waals surface area (Å²) in [6.45, 7) is 9.77. The second kappa shape index (κ2) is 3.09. The molecule has 0 aromatic carbocycles. The van der Waals surface area contributed by atoms with Crippen LogP contribution in [0.4, 0.5) is 0 Å². The van der Waals surface area contributed by atoms with Gasteiger partial charge in [-0.3, -0.25) is 0 Å². The summed E-state index contributed by atoms with van der Waals surface area (Å²) in [6, 6.07) is 0.704. The van der Waals surface area contributed by atoms with Gasteiger partial charge in [0.15, 0.2) is 0 Å². The summed E-state index contributed by atoms with van der Waals surface area (Å²) >= 11 is 0. The van der Waals surface area contributed by atoms with E-state index in [9.17, 15) is 0 Å². The molecule has 1 saturated heterocycles. The van der Waals surface area contributed by atoms with Gasteiger partial charge in [0, 0.05) is 18.3 Å². The molecule has 0 saturated carbocycles. The van der Waals surface area contributed by atoms with Crippen LogP contribution in [0.2, 0.25) is 0 Å². The molecule has 1 rings (SSSR count). The van der Waals surface area contributed by atoms with Crippen LogP contribution in [0, 0.1) is 0 Å². The molecule has 0 amide bonds. The van der Waals surface area contributed by atoms with Gasteiger partial charge in [0.25, 0.3) is 0 Å². The molecule has 1 aliphatic heterocycles. The van der Waals surface area contributed by atoms with Gasteiger partial charge in [-0.25, -0.2) is 0 Å². The van der Waals surface area contributed by atoms with E-state index in [1.165, 1.54) is 31.5 Å². The van der Waals surface area contributed by atoms with Gasteiger partial charge in [-0.2, -0.15) is 0 Å². The highest BCUT2D eigenvalue weighted by Gasteiger charge is 2.18. The lowest BCUT2D eigenvalue weighted by molar-refractivity contribution is 0.298. The van der Waals surface area contributed by atoms with Crippen LogP contribution in [0.25, 0.3) is 0 Å². The van der Waals surface area contributed by atoms with E-state index in [-0.39, 0.29) is 0 Å². The molecule has 1 heterocycles. The fraction of sp³-hybridized carbons (Fsp3) is 0.778. The van der Waals surface area contributed by atoms with Crippen molar-refractivity contribution < 1.29 is 0 Å². The summed E-state index contributed by atoms with van der Waals surface area (Å²) in [4.78, 5) is 2.43. The predicted molar refractivity (Wildman–Crippen MR) is 44.8 cm³/mol. The summed E-state index contributed by atoms with van der Waals surface area (Å²) < 4.78 is 0. The zero-order valence-corrected chi connectivity index (χ0v) is 7.06. The Hall–Kier alpha value is -0.460. The lowest BCUT2D eigenvalue weighted by atomic mass is 10.2. The molecule has 0 aliphatic carbocycles. The Labute approximate surface area is 63.7 Å². The SMILES string of the molecule is C=C1CCCN1[C@H](C)CC. The van der Waals surface area contributed by atoms with Crippen LogP contribution in [0.15, 0.2) is 12.3 Å². The van der Waals surface area contributed by atoms with Gasteiger partial charge >= 0.3 is 0 Å². The van der Waals surface area contributed by atoms with Crippen molar-refractivity contribution in [1.82, 2.24) is 4.90 Å². The van der Waals surface area contributed by atoms with Crippen molar-refractivity contribution in [1.29, 1.82) is 0 Å². The van der Waals surface area contributed by atoms with Gasteiger partial charge in [-0.05, 0) is 26.2 Å². The Morgan fingerprint density at radius 1 is 1.70 bits per heavy atom. The molecule has 0 spiro atoms. The van der Waals surface area contributed by atoms with E-state index in [2.05, 4.69) is 25.3 Å². The molecule has 10 heavy (non-hydrogen) atoms. The number of allylic oxidation sites excluding steroid dienone is 1. The topological polar surface area (TPSA) is 3.24 Å². The minimum atomic E-state index is 0.704. The molecule has 1 heteroatoms. The summed E-state index contributed by atoms with van der Waals surface area (Å²) in [6.07, 6.45) is 3.76. The molecule has 0 N–H and O–H groups in total. The van der Waals surface area contributed by atoms with Gasteiger partial charge in [-0.15, -0.1) is 0 Å². The Morgan fingerprint density at radius 2 is 2.40 bits per heavy atom. The maximum absolute atomic E-state index is 4.03. The molecule has 1 nitrogen and oxygen atoms in total. The van der Waals surface area contributed by atoms with E-state index in [0.717, 1.165) is 0 Å². The van der Waals surface area contributed by atoms with Crippen molar-refractivity contribution in [3.63, 3.8) is 0 Å². The second-order valence-electron chi connectivity index (χ2n) is 3.12. The molecule has 0 aromatic rings. The zero-order valence-electron chi connectivity index (χ0n) is 7.06. The van der Waals surface area contributed by atoms with Crippen LogP contribution >= 0.6 is 0 Å². The lowest BCUT2D eigenvalue weighted by Crippen LogP contribution is -2.27. The minimum absolute atomic E-state index is 0.704. The largest absolute Gasteiger partial charge is 0.373 e. The standard InChI is InChI=1S/C9H17N/c1-4-8(2)10-7-5-6-9(10)3/h8H,3-7H2,1-2H3/t8-/m1/s1. The van der Waals surface area contributed by atoms with Crippen molar-refractivity contribution in [2.75, 3.05) is 6.54 Å². The predicted octanol–water partition coefficient (Wildman–Crippen LogP) is 2.39. The third kappa shape index (κ3) is 1.34. The van der Waals surface area contributed by atoms with E-state index in [0.29, 0.717) is 6.04 Å². The van der Waals surface area contributed by atoms with E-state index in [1.54, 1.807) is 0 Å². The second-order valence-corrected chi connectivity index (χ2v) is 3.12. The normalized spacial score (nSPS) is 21.8. The first kappa shape index (κ1) is 7.64. The lowest BCUT2D eigenvalue weighted by Gasteiger charge is -2.25. The maximum Gasteiger partial charge on any atom is 0.0255 e. The van der Waals surface area contributed by atoms with E-state index < -0.39 is 0 Å². The number of nitrogens with zero attached hydrogens (tertiary/aromatic N) is 1. The Balaban J connectivity index is 2.46. The average Bonchev–Trinajstić information content (AvgIpc) is 2.34. The highest BCUT2D eigenvalue weighted by Crippen LogP contribution is 2.22. The van der Waals surface area contributed by atoms with Gasteiger partial charge in [-0.1, -0.05) is 13.5 Å². The monoisotopic (exact) mass is 139 g/mol. The maximum atomic E-state index is 4.03. The fourth-order valence-corrected chi connectivity index (χ4v) is 1.51. The van der Waals surface area contributed by atoms with Crippen LogP contribution in [-0.4, -0.2) is 17.5 Å². The third-order valence-electron chi connectivity index (χ3n) is 2.39. The third-order valence-corrected chi connectivity index (χ3v) is 2.39. The first-order valence-electron chi connectivity index (χ1n) is 4.20. The Morgan fingerprint density at radius 3 is 2.80 bits per heavy atom. The van der Waals surface area contributed by atoms with Crippen LogP contribution in [0.3, 0.4) is 0 Å².